The smallest absolute Gasteiger partial charge is 0.291 e. The van der Waals surface area contributed by atoms with E-state index in [2.05, 4.69) is 10.3 Å². The third-order valence-corrected chi connectivity index (χ3v) is 4.89. The van der Waals surface area contributed by atoms with Crippen LogP contribution in [0.25, 0.3) is 33.9 Å². The standard InChI is InChI=1S/C24H14FN3O5/c25-16-5-1-4-15(11-16)24-27-19-13-17(7-8-21(19)33-24)26-23(29)22-10-9-20(32-22)14-3-2-6-18(12-14)28(30)31/h1-13H,(H,26,29). The molecule has 0 bridgehead atoms. The minimum absolute atomic E-state index is 0.0391. The molecule has 1 amide bonds. The maximum Gasteiger partial charge on any atom is 0.291 e. The van der Waals surface area contributed by atoms with E-state index in [9.17, 15) is 19.3 Å². The van der Waals surface area contributed by atoms with Crippen LogP contribution in [0.4, 0.5) is 15.8 Å². The molecule has 0 spiro atoms. The lowest BCUT2D eigenvalue weighted by atomic mass is 10.1. The summed E-state index contributed by atoms with van der Waals surface area (Å²) in [6, 6.07) is 19.8. The average molecular weight is 443 g/mol. The number of hydrogen-bond donors (Lipinski definition) is 1. The number of carbonyl (C=O) groups excluding carboxylic acids is 1. The second-order valence-electron chi connectivity index (χ2n) is 7.14. The quantitative estimate of drug-likeness (QED) is 0.261. The number of nitrogens with one attached hydrogen (secondary N) is 1. The van der Waals surface area contributed by atoms with E-state index in [0.717, 1.165) is 0 Å². The molecule has 0 aliphatic rings. The van der Waals surface area contributed by atoms with Gasteiger partial charge in [0.2, 0.25) is 5.89 Å². The van der Waals surface area contributed by atoms with E-state index in [0.29, 0.717) is 33.7 Å². The highest BCUT2D eigenvalue weighted by Gasteiger charge is 2.16. The number of nitro benzene ring substituents is 1. The van der Waals surface area contributed by atoms with Crippen molar-refractivity contribution in [3.05, 3.63) is 101 Å². The van der Waals surface area contributed by atoms with Crippen molar-refractivity contribution in [1.29, 1.82) is 0 Å². The monoisotopic (exact) mass is 443 g/mol. The van der Waals surface area contributed by atoms with Gasteiger partial charge in [-0.05, 0) is 48.5 Å². The lowest BCUT2D eigenvalue weighted by Crippen LogP contribution is -2.10. The van der Waals surface area contributed by atoms with Gasteiger partial charge in [0.05, 0.1) is 4.92 Å². The number of furan rings is 1. The van der Waals surface area contributed by atoms with Gasteiger partial charge in [-0.1, -0.05) is 18.2 Å². The lowest BCUT2D eigenvalue weighted by molar-refractivity contribution is -0.384. The first kappa shape index (κ1) is 20.1. The predicted molar refractivity (Wildman–Crippen MR) is 118 cm³/mol. The van der Waals surface area contributed by atoms with Crippen LogP contribution in [-0.2, 0) is 0 Å². The predicted octanol–water partition coefficient (Wildman–Crippen LogP) is 6.05. The zero-order valence-corrected chi connectivity index (χ0v) is 16.8. The Morgan fingerprint density at radius 3 is 2.58 bits per heavy atom. The van der Waals surface area contributed by atoms with E-state index >= 15 is 0 Å². The molecular formula is C24H14FN3O5. The Balaban J connectivity index is 1.36. The maximum atomic E-state index is 13.5. The number of amides is 1. The number of non-ortho nitro benzene ring substituents is 1. The number of halogens is 1. The summed E-state index contributed by atoms with van der Waals surface area (Å²) >= 11 is 0. The van der Waals surface area contributed by atoms with Crippen molar-refractivity contribution >= 4 is 28.4 Å². The third-order valence-electron chi connectivity index (χ3n) is 4.89. The molecule has 0 aliphatic carbocycles. The summed E-state index contributed by atoms with van der Waals surface area (Å²) in [4.78, 5) is 27.5. The van der Waals surface area contributed by atoms with Crippen LogP contribution in [0.2, 0.25) is 0 Å². The Morgan fingerprint density at radius 2 is 1.76 bits per heavy atom. The molecule has 0 saturated heterocycles. The topological polar surface area (TPSA) is 111 Å². The van der Waals surface area contributed by atoms with Crippen molar-refractivity contribution in [2.45, 2.75) is 0 Å². The van der Waals surface area contributed by atoms with Crippen molar-refractivity contribution in [2.75, 3.05) is 5.32 Å². The summed E-state index contributed by atoms with van der Waals surface area (Å²) < 4.78 is 24.8. The Labute approximate surface area is 185 Å². The van der Waals surface area contributed by atoms with Gasteiger partial charge in [-0.3, -0.25) is 14.9 Å². The molecule has 0 unspecified atom stereocenters. The van der Waals surface area contributed by atoms with Crippen LogP contribution in [-0.4, -0.2) is 15.8 Å². The first-order valence-corrected chi connectivity index (χ1v) is 9.79. The van der Waals surface area contributed by atoms with Gasteiger partial charge in [0.1, 0.15) is 17.1 Å². The molecule has 8 nitrogen and oxygen atoms in total. The molecule has 5 aromatic rings. The van der Waals surface area contributed by atoms with Crippen molar-refractivity contribution < 1.29 is 22.9 Å². The van der Waals surface area contributed by atoms with Gasteiger partial charge in [-0.2, -0.15) is 0 Å². The fourth-order valence-electron chi connectivity index (χ4n) is 3.33. The van der Waals surface area contributed by atoms with Gasteiger partial charge >= 0.3 is 0 Å². The van der Waals surface area contributed by atoms with E-state index in [4.69, 9.17) is 8.83 Å². The largest absolute Gasteiger partial charge is 0.451 e. The number of benzene rings is 3. The Morgan fingerprint density at radius 1 is 0.939 bits per heavy atom. The summed E-state index contributed by atoms with van der Waals surface area (Å²) in [5.74, 6) is -0.265. The Kier molecular flexibility index (Phi) is 4.91. The summed E-state index contributed by atoms with van der Waals surface area (Å²) in [6.07, 6.45) is 0. The zero-order chi connectivity index (χ0) is 22.9. The summed E-state index contributed by atoms with van der Waals surface area (Å²) in [6.45, 7) is 0. The molecule has 33 heavy (non-hydrogen) atoms. The minimum Gasteiger partial charge on any atom is -0.451 e. The van der Waals surface area contributed by atoms with Crippen LogP contribution in [0.15, 0.2) is 87.7 Å². The summed E-state index contributed by atoms with van der Waals surface area (Å²) in [7, 11) is 0. The molecule has 3 aromatic carbocycles. The van der Waals surface area contributed by atoms with Crippen LogP contribution in [0.5, 0.6) is 0 Å². The molecule has 0 aliphatic heterocycles. The number of nitro groups is 1. The Hall–Kier alpha value is -4.79. The van der Waals surface area contributed by atoms with E-state index < -0.39 is 16.6 Å². The number of aromatic nitrogens is 1. The highest BCUT2D eigenvalue weighted by Crippen LogP contribution is 2.28. The second kappa shape index (κ2) is 8.04. The molecule has 2 heterocycles. The average Bonchev–Trinajstić information content (AvgIpc) is 3.46. The molecule has 2 aromatic heterocycles. The van der Waals surface area contributed by atoms with Gasteiger partial charge < -0.3 is 14.2 Å². The normalized spacial score (nSPS) is 10.9. The molecule has 0 radical (unpaired) electrons. The van der Waals surface area contributed by atoms with Crippen molar-refractivity contribution in [1.82, 2.24) is 4.98 Å². The molecule has 5 rings (SSSR count). The van der Waals surface area contributed by atoms with E-state index in [1.165, 1.54) is 30.3 Å². The molecule has 162 valence electrons. The fraction of sp³-hybridized carbons (Fsp3) is 0. The molecule has 0 fully saturated rings. The maximum absolute atomic E-state index is 13.5. The summed E-state index contributed by atoms with van der Waals surface area (Å²) in [5.41, 5.74) is 2.34. The Bertz CT molecular complexity index is 1520. The number of fused-ring (bicyclic) bond motifs is 1. The molecule has 9 heteroatoms. The number of nitrogens with zero attached hydrogens (tertiary/aromatic N) is 2. The highest BCUT2D eigenvalue weighted by atomic mass is 19.1. The first-order valence-electron chi connectivity index (χ1n) is 9.79. The number of oxazole rings is 1. The molecule has 0 saturated carbocycles. The van der Waals surface area contributed by atoms with Crippen LogP contribution >= 0.6 is 0 Å². The van der Waals surface area contributed by atoms with Gasteiger partial charge in [0.25, 0.3) is 11.6 Å². The van der Waals surface area contributed by atoms with Gasteiger partial charge in [-0.25, -0.2) is 9.37 Å². The van der Waals surface area contributed by atoms with Gasteiger partial charge in [-0.15, -0.1) is 0 Å². The number of anilines is 1. The van der Waals surface area contributed by atoms with E-state index in [1.807, 2.05) is 0 Å². The lowest BCUT2D eigenvalue weighted by Gasteiger charge is -2.02. The first-order chi connectivity index (χ1) is 16.0. The van der Waals surface area contributed by atoms with Crippen LogP contribution in [0.1, 0.15) is 10.6 Å². The number of rotatable bonds is 5. The van der Waals surface area contributed by atoms with Gasteiger partial charge in [0.15, 0.2) is 11.3 Å². The minimum atomic E-state index is -0.500. The number of carbonyl (C=O) groups is 1. The fourth-order valence-corrected chi connectivity index (χ4v) is 3.33. The third kappa shape index (κ3) is 4.07. The van der Waals surface area contributed by atoms with E-state index in [1.54, 1.807) is 48.5 Å². The highest BCUT2D eigenvalue weighted by molar-refractivity contribution is 6.03. The molecular weight excluding hydrogens is 429 g/mol. The number of hydrogen-bond acceptors (Lipinski definition) is 6. The molecule has 0 atom stereocenters. The van der Waals surface area contributed by atoms with E-state index in [-0.39, 0.29) is 17.3 Å². The van der Waals surface area contributed by atoms with Crippen molar-refractivity contribution in [2.24, 2.45) is 0 Å². The van der Waals surface area contributed by atoms with Crippen molar-refractivity contribution in [3.63, 3.8) is 0 Å². The van der Waals surface area contributed by atoms with Gasteiger partial charge in [0, 0.05) is 28.9 Å². The second-order valence-corrected chi connectivity index (χ2v) is 7.14. The van der Waals surface area contributed by atoms with Crippen LogP contribution in [0, 0.1) is 15.9 Å². The summed E-state index contributed by atoms with van der Waals surface area (Å²) in [5, 5.41) is 13.7. The van der Waals surface area contributed by atoms with Crippen molar-refractivity contribution in [3.8, 4) is 22.8 Å². The SMILES string of the molecule is O=C(Nc1ccc2oc(-c3cccc(F)c3)nc2c1)c1ccc(-c2cccc([N+](=O)[O-])c2)o1. The zero-order valence-electron chi connectivity index (χ0n) is 16.8. The van der Waals surface area contributed by atoms with Crippen LogP contribution in [0.3, 0.4) is 0 Å². The van der Waals surface area contributed by atoms with Crippen LogP contribution < -0.4 is 5.32 Å². The molecule has 1 N–H and O–H groups in total.